The van der Waals surface area contributed by atoms with Gasteiger partial charge in [0.2, 0.25) is 0 Å². The maximum Gasteiger partial charge on any atom is 0.417 e. The topological polar surface area (TPSA) is 36.0 Å². The molecule has 2 heterocycles. The van der Waals surface area contributed by atoms with E-state index in [2.05, 4.69) is 97.6 Å². The predicted octanol–water partition coefficient (Wildman–Crippen LogP) is 5.96. The number of hydrogen-bond acceptors (Lipinski definition) is 4. The van der Waals surface area contributed by atoms with Gasteiger partial charge < -0.3 is 4.74 Å². The molecule has 2 aromatic carbocycles. The number of benzene rings is 2. The molecule has 2 aliphatic heterocycles. The van der Waals surface area contributed by atoms with Crippen LogP contribution in [0.5, 0.6) is 0 Å². The average Bonchev–Trinajstić information content (AvgIpc) is 3.12. The Balaban J connectivity index is 1.78. The van der Waals surface area contributed by atoms with E-state index in [-0.39, 0.29) is 30.3 Å². The summed E-state index contributed by atoms with van der Waals surface area (Å²) in [6.07, 6.45) is 9.07. The number of ether oxygens (including phenoxy) is 1. The SMILES string of the molecule is CCCC[C@@H]1C=CN(C(=O)OC)C=C1C1N(C)[C@@H](c2ccccc2)[C@H](c2ccccc2)N1C. The summed E-state index contributed by atoms with van der Waals surface area (Å²) in [4.78, 5) is 18.9. The van der Waals surface area contributed by atoms with Gasteiger partial charge in [0, 0.05) is 18.3 Å². The van der Waals surface area contributed by atoms with Gasteiger partial charge in [-0.15, -0.1) is 0 Å². The fourth-order valence-electron chi connectivity index (χ4n) is 5.41. The highest BCUT2D eigenvalue weighted by Crippen LogP contribution is 2.48. The van der Waals surface area contributed by atoms with Crippen LogP contribution in [0.3, 0.4) is 0 Å². The summed E-state index contributed by atoms with van der Waals surface area (Å²) in [5.41, 5.74) is 3.83. The quantitative estimate of drug-likeness (QED) is 0.550. The Morgan fingerprint density at radius 2 is 1.45 bits per heavy atom. The van der Waals surface area contributed by atoms with E-state index in [9.17, 15) is 4.79 Å². The van der Waals surface area contributed by atoms with E-state index in [1.165, 1.54) is 23.8 Å². The number of rotatable bonds is 6. The Hall–Kier alpha value is -2.89. The lowest BCUT2D eigenvalue weighted by molar-refractivity contribution is 0.147. The summed E-state index contributed by atoms with van der Waals surface area (Å²) >= 11 is 0. The second kappa shape index (κ2) is 10.4. The zero-order chi connectivity index (χ0) is 23.4. The Morgan fingerprint density at radius 1 is 0.909 bits per heavy atom. The number of carbonyl (C=O) groups is 1. The van der Waals surface area contributed by atoms with Crippen LogP contribution < -0.4 is 0 Å². The molecule has 0 radical (unpaired) electrons. The van der Waals surface area contributed by atoms with Gasteiger partial charge in [-0.05, 0) is 37.2 Å². The maximum absolute atomic E-state index is 12.4. The third-order valence-electron chi connectivity index (χ3n) is 6.98. The van der Waals surface area contributed by atoms with Crippen molar-refractivity contribution in [1.82, 2.24) is 14.7 Å². The highest BCUT2D eigenvalue weighted by molar-refractivity contribution is 5.70. The van der Waals surface area contributed by atoms with Gasteiger partial charge in [-0.2, -0.15) is 0 Å². The van der Waals surface area contributed by atoms with Crippen molar-refractivity contribution in [1.29, 1.82) is 0 Å². The average molecular weight is 446 g/mol. The molecule has 2 aromatic rings. The number of unbranched alkanes of at least 4 members (excludes halogenated alkanes) is 1. The van der Waals surface area contributed by atoms with Crippen molar-refractivity contribution < 1.29 is 9.53 Å². The van der Waals surface area contributed by atoms with Gasteiger partial charge in [0.1, 0.15) is 0 Å². The lowest BCUT2D eigenvalue weighted by atomic mass is 9.89. The minimum absolute atomic E-state index is 0.0550. The zero-order valence-corrected chi connectivity index (χ0v) is 20.1. The molecule has 0 aromatic heterocycles. The van der Waals surface area contributed by atoms with Crippen LogP contribution in [0.4, 0.5) is 4.79 Å². The van der Waals surface area contributed by atoms with Crippen LogP contribution in [0.15, 0.2) is 84.7 Å². The molecular weight excluding hydrogens is 410 g/mol. The number of amides is 1. The van der Waals surface area contributed by atoms with Crippen molar-refractivity contribution in [2.75, 3.05) is 21.2 Å². The van der Waals surface area contributed by atoms with Gasteiger partial charge in [-0.3, -0.25) is 14.7 Å². The molecule has 0 bridgehead atoms. The zero-order valence-electron chi connectivity index (χ0n) is 20.1. The Bertz CT molecular complexity index is 937. The molecule has 0 unspecified atom stereocenters. The van der Waals surface area contributed by atoms with E-state index in [4.69, 9.17) is 4.74 Å². The first kappa shape index (κ1) is 23.3. The minimum atomic E-state index is -0.361. The van der Waals surface area contributed by atoms with Gasteiger partial charge in [-0.25, -0.2) is 4.79 Å². The molecule has 33 heavy (non-hydrogen) atoms. The molecule has 0 N–H and O–H groups in total. The minimum Gasteiger partial charge on any atom is -0.452 e. The Morgan fingerprint density at radius 3 is 1.94 bits per heavy atom. The molecule has 174 valence electrons. The van der Waals surface area contributed by atoms with Crippen LogP contribution in [0.25, 0.3) is 0 Å². The van der Waals surface area contributed by atoms with Crippen LogP contribution >= 0.6 is 0 Å². The van der Waals surface area contributed by atoms with Crippen molar-refractivity contribution in [2.45, 2.75) is 44.4 Å². The second-order valence-electron chi connectivity index (χ2n) is 9.01. The summed E-state index contributed by atoms with van der Waals surface area (Å²) in [7, 11) is 5.85. The first-order valence-corrected chi connectivity index (χ1v) is 11.9. The summed E-state index contributed by atoms with van der Waals surface area (Å²) in [5, 5.41) is 0. The van der Waals surface area contributed by atoms with Gasteiger partial charge in [0.15, 0.2) is 0 Å². The molecule has 2 aliphatic rings. The van der Waals surface area contributed by atoms with Crippen LogP contribution in [-0.2, 0) is 4.74 Å². The van der Waals surface area contributed by atoms with Gasteiger partial charge in [0.25, 0.3) is 0 Å². The molecule has 1 amide bonds. The molecular formula is C28H35N3O2. The van der Waals surface area contributed by atoms with Crippen molar-refractivity contribution in [3.8, 4) is 0 Å². The molecule has 0 saturated carbocycles. The highest BCUT2D eigenvalue weighted by atomic mass is 16.5. The smallest absolute Gasteiger partial charge is 0.417 e. The molecule has 5 heteroatoms. The number of carbonyl (C=O) groups excluding carboxylic acids is 1. The van der Waals surface area contributed by atoms with E-state index in [0.717, 1.165) is 19.3 Å². The summed E-state index contributed by atoms with van der Waals surface area (Å²) in [6.45, 7) is 2.22. The highest BCUT2D eigenvalue weighted by Gasteiger charge is 2.47. The number of hydrogen-bond donors (Lipinski definition) is 0. The fraction of sp³-hybridized carbons (Fsp3) is 0.393. The molecule has 1 fully saturated rings. The molecule has 3 atom stereocenters. The van der Waals surface area contributed by atoms with Crippen molar-refractivity contribution in [2.24, 2.45) is 5.92 Å². The van der Waals surface area contributed by atoms with Gasteiger partial charge in [-0.1, -0.05) is 86.5 Å². The third-order valence-corrected chi connectivity index (χ3v) is 6.98. The largest absolute Gasteiger partial charge is 0.452 e. The molecule has 0 spiro atoms. The van der Waals surface area contributed by atoms with Crippen molar-refractivity contribution >= 4 is 6.09 Å². The predicted molar refractivity (Wildman–Crippen MR) is 132 cm³/mol. The second-order valence-corrected chi connectivity index (χ2v) is 9.01. The normalized spacial score (nSPS) is 24.2. The van der Waals surface area contributed by atoms with E-state index in [0.29, 0.717) is 0 Å². The molecule has 0 aliphatic carbocycles. The van der Waals surface area contributed by atoms with Gasteiger partial charge in [0.05, 0.1) is 25.4 Å². The number of nitrogens with zero attached hydrogens (tertiary/aromatic N) is 3. The van der Waals surface area contributed by atoms with E-state index in [1.54, 1.807) is 4.90 Å². The van der Waals surface area contributed by atoms with E-state index in [1.807, 2.05) is 12.4 Å². The first-order valence-electron chi connectivity index (χ1n) is 11.9. The van der Waals surface area contributed by atoms with Crippen molar-refractivity contribution in [3.05, 3.63) is 95.8 Å². The summed E-state index contributed by atoms with van der Waals surface area (Å²) in [5.74, 6) is 0.284. The van der Waals surface area contributed by atoms with Crippen LogP contribution in [0.1, 0.15) is 49.4 Å². The van der Waals surface area contributed by atoms with Crippen LogP contribution in [-0.4, -0.2) is 48.2 Å². The fourth-order valence-corrected chi connectivity index (χ4v) is 5.41. The lowest BCUT2D eigenvalue weighted by Crippen LogP contribution is -2.41. The Labute approximate surface area is 197 Å². The van der Waals surface area contributed by atoms with E-state index < -0.39 is 0 Å². The third kappa shape index (κ3) is 4.61. The number of methoxy groups -OCH3 is 1. The van der Waals surface area contributed by atoms with Gasteiger partial charge >= 0.3 is 6.09 Å². The monoisotopic (exact) mass is 445 g/mol. The molecule has 5 nitrogen and oxygen atoms in total. The maximum atomic E-state index is 12.4. The lowest BCUT2D eigenvalue weighted by Gasteiger charge is -2.35. The molecule has 1 saturated heterocycles. The standard InChI is InChI=1S/C28H35N3O2/c1-5-6-13-21-18-19-31(28(32)33-4)20-24(21)27-29(2)25(22-14-9-7-10-15-22)26(30(27)3)23-16-11-8-12-17-23/h7-12,14-21,25-27H,5-6,13H2,1-4H3/t21-,25+,26+/m1/s1. The van der Waals surface area contributed by atoms with Crippen LogP contribution in [0.2, 0.25) is 0 Å². The van der Waals surface area contributed by atoms with Crippen molar-refractivity contribution in [3.63, 3.8) is 0 Å². The molecule has 4 rings (SSSR count). The Kier molecular flexibility index (Phi) is 7.31. The van der Waals surface area contributed by atoms with E-state index >= 15 is 0 Å². The number of likely N-dealkylation sites (N-methyl/N-ethyl adjacent to an activating group) is 2. The summed E-state index contributed by atoms with van der Waals surface area (Å²) < 4.78 is 5.02. The first-order chi connectivity index (χ1) is 16.1. The summed E-state index contributed by atoms with van der Waals surface area (Å²) in [6, 6.07) is 21.9. The van der Waals surface area contributed by atoms with Crippen LogP contribution in [0, 0.1) is 5.92 Å². The number of allylic oxidation sites excluding steroid dienone is 1.